The zero-order valence-corrected chi connectivity index (χ0v) is 13.9. The molecular formula is C15H14FN3O2S2. The Morgan fingerprint density at radius 1 is 1.39 bits per heavy atom. The Labute approximate surface area is 140 Å². The van der Waals surface area contributed by atoms with Crippen molar-refractivity contribution in [1.29, 1.82) is 0 Å². The van der Waals surface area contributed by atoms with Gasteiger partial charge in [0.1, 0.15) is 17.6 Å². The number of rotatable bonds is 3. The molecule has 1 aromatic heterocycles. The second-order valence-corrected chi connectivity index (χ2v) is 7.29. The molecule has 2 heterocycles. The molecule has 0 spiro atoms. The van der Waals surface area contributed by atoms with Crippen molar-refractivity contribution >= 4 is 34.9 Å². The van der Waals surface area contributed by atoms with Gasteiger partial charge in [-0.15, -0.1) is 23.1 Å². The van der Waals surface area contributed by atoms with Gasteiger partial charge in [0, 0.05) is 11.3 Å². The third-order valence-corrected chi connectivity index (χ3v) is 5.54. The Balaban J connectivity index is 2.02. The van der Waals surface area contributed by atoms with Crippen molar-refractivity contribution in [2.75, 3.05) is 11.6 Å². The number of carbonyl (C=O) groups is 2. The SMILES string of the molecule is Cc1nc(C(=O)N2CSC[C@H]2C(N)=O)c(-c2ccccc2F)s1. The molecule has 120 valence electrons. The number of hydrogen-bond donors (Lipinski definition) is 1. The smallest absolute Gasteiger partial charge is 0.275 e. The lowest BCUT2D eigenvalue weighted by Gasteiger charge is -2.20. The fourth-order valence-corrected chi connectivity index (χ4v) is 4.52. The zero-order chi connectivity index (χ0) is 16.6. The lowest BCUT2D eigenvalue weighted by molar-refractivity contribution is -0.121. The van der Waals surface area contributed by atoms with Gasteiger partial charge in [0.05, 0.1) is 15.8 Å². The molecule has 0 unspecified atom stereocenters. The summed E-state index contributed by atoms with van der Waals surface area (Å²) in [5.41, 5.74) is 5.87. The highest BCUT2D eigenvalue weighted by molar-refractivity contribution is 7.99. The topological polar surface area (TPSA) is 76.3 Å². The van der Waals surface area contributed by atoms with Crippen LogP contribution < -0.4 is 5.73 Å². The van der Waals surface area contributed by atoms with Crippen LogP contribution in [0.5, 0.6) is 0 Å². The molecule has 1 atom stereocenters. The van der Waals surface area contributed by atoms with E-state index in [1.54, 1.807) is 25.1 Å². The Morgan fingerprint density at radius 2 is 2.13 bits per heavy atom. The summed E-state index contributed by atoms with van der Waals surface area (Å²) < 4.78 is 14.1. The van der Waals surface area contributed by atoms with Crippen molar-refractivity contribution in [3.8, 4) is 10.4 Å². The lowest BCUT2D eigenvalue weighted by atomic mass is 10.1. The molecule has 1 saturated heterocycles. The maximum absolute atomic E-state index is 14.1. The standard InChI is InChI=1S/C15H14FN3O2S2/c1-8-18-12(13(23-8)9-4-2-3-5-10(9)16)15(21)19-7-22-6-11(19)14(17)20/h2-5,11H,6-7H2,1H3,(H2,17,20)/t11-/m0/s1. The summed E-state index contributed by atoms with van der Waals surface area (Å²) >= 11 is 2.72. The Morgan fingerprint density at radius 3 is 2.83 bits per heavy atom. The van der Waals surface area contributed by atoms with Crippen molar-refractivity contribution in [2.45, 2.75) is 13.0 Å². The van der Waals surface area contributed by atoms with Crippen LogP contribution in [0.3, 0.4) is 0 Å². The van der Waals surface area contributed by atoms with E-state index in [-0.39, 0.29) is 11.6 Å². The van der Waals surface area contributed by atoms with E-state index >= 15 is 0 Å². The van der Waals surface area contributed by atoms with Gasteiger partial charge in [-0.05, 0) is 13.0 Å². The van der Waals surface area contributed by atoms with Crippen molar-refractivity contribution < 1.29 is 14.0 Å². The van der Waals surface area contributed by atoms with E-state index in [1.165, 1.54) is 34.1 Å². The number of aryl methyl sites for hydroxylation is 1. The molecule has 8 heteroatoms. The van der Waals surface area contributed by atoms with Crippen LogP contribution in [-0.4, -0.2) is 39.4 Å². The highest BCUT2D eigenvalue weighted by atomic mass is 32.2. The van der Waals surface area contributed by atoms with E-state index in [9.17, 15) is 14.0 Å². The normalized spacial score (nSPS) is 17.5. The number of nitrogens with zero attached hydrogens (tertiary/aromatic N) is 2. The molecule has 0 aliphatic carbocycles. The number of nitrogens with two attached hydrogens (primary N) is 1. The lowest BCUT2D eigenvalue weighted by Crippen LogP contribution is -2.45. The minimum atomic E-state index is -0.650. The number of primary amides is 1. The molecule has 0 saturated carbocycles. The highest BCUT2D eigenvalue weighted by Gasteiger charge is 2.36. The summed E-state index contributed by atoms with van der Waals surface area (Å²) in [6.45, 7) is 1.76. The number of thiazole rings is 1. The van der Waals surface area contributed by atoms with Crippen molar-refractivity contribution in [3.05, 3.63) is 40.8 Å². The van der Waals surface area contributed by atoms with E-state index in [4.69, 9.17) is 5.73 Å². The van der Waals surface area contributed by atoms with Crippen LogP contribution in [-0.2, 0) is 4.79 Å². The van der Waals surface area contributed by atoms with Crippen LogP contribution in [0, 0.1) is 12.7 Å². The number of hydrogen-bond acceptors (Lipinski definition) is 5. The molecule has 1 aliphatic heterocycles. The average Bonchev–Trinajstić information content (AvgIpc) is 3.13. The fraction of sp³-hybridized carbons (Fsp3) is 0.267. The summed E-state index contributed by atoms with van der Waals surface area (Å²) in [5.74, 6) is -0.490. The molecule has 1 fully saturated rings. The molecule has 0 radical (unpaired) electrons. The van der Waals surface area contributed by atoms with Crippen LogP contribution in [0.4, 0.5) is 4.39 Å². The summed E-state index contributed by atoms with van der Waals surface area (Å²) in [6, 6.07) is 5.61. The molecule has 23 heavy (non-hydrogen) atoms. The quantitative estimate of drug-likeness (QED) is 0.920. The van der Waals surface area contributed by atoms with Gasteiger partial charge < -0.3 is 10.6 Å². The van der Waals surface area contributed by atoms with Crippen molar-refractivity contribution in [2.24, 2.45) is 5.73 Å². The Kier molecular flexibility index (Phi) is 4.36. The van der Waals surface area contributed by atoms with E-state index in [2.05, 4.69) is 4.98 Å². The number of halogens is 1. The minimum Gasteiger partial charge on any atom is -0.368 e. The third kappa shape index (κ3) is 2.96. The largest absolute Gasteiger partial charge is 0.368 e. The molecule has 1 aliphatic rings. The minimum absolute atomic E-state index is 0.173. The number of aromatic nitrogens is 1. The van der Waals surface area contributed by atoms with Gasteiger partial charge in [-0.2, -0.15) is 0 Å². The molecule has 3 rings (SSSR count). The summed E-state index contributed by atoms with van der Waals surface area (Å²) in [4.78, 5) is 30.5. The third-order valence-electron chi connectivity index (χ3n) is 3.53. The fourth-order valence-electron chi connectivity index (χ4n) is 2.41. The molecule has 5 nitrogen and oxygen atoms in total. The highest BCUT2D eigenvalue weighted by Crippen LogP contribution is 2.34. The second-order valence-electron chi connectivity index (χ2n) is 5.08. The summed E-state index contributed by atoms with van der Waals surface area (Å²) in [5, 5.41) is 0.661. The number of thioether (sulfide) groups is 1. The Bertz CT molecular complexity index is 778. The molecule has 2 N–H and O–H groups in total. The van der Waals surface area contributed by atoms with E-state index in [0.717, 1.165) is 0 Å². The second kappa shape index (κ2) is 6.29. The van der Waals surface area contributed by atoms with Crippen LogP contribution in [0.15, 0.2) is 24.3 Å². The van der Waals surface area contributed by atoms with E-state index < -0.39 is 17.8 Å². The molecule has 1 aromatic carbocycles. The van der Waals surface area contributed by atoms with Gasteiger partial charge in [-0.25, -0.2) is 9.37 Å². The van der Waals surface area contributed by atoms with Gasteiger partial charge >= 0.3 is 0 Å². The predicted molar refractivity (Wildman–Crippen MR) is 88.7 cm³/mol. The summed E-state index contributed by atoms with van der Waals surface area (Å²) in [6.07, 6.45) is 0. The average molecular weight is 351 g/mol. The summed E-state index contributed by atoms with van der Waals surface area (Å²) in [7, 11) is 0. The molecule has 2 aromatic rings. The maximum Gasteiger partial charge on any atom is 0.275 e. The first-order valence-corrected chi connectivity index (χ1v) is 8.86. The maximum atomic E-state index is 14.1. The zero-order valence-electron chi connectivity index (χ0n) is 12.3. The first-order valence-electron chi connectivity index (χ1n) is 6.89. The van der Waals surface area contributed by atoms with E-state index in [0.29, 0.717) is 27.1 Å². The first-order chi connectivity index (χ1) is 11.0. The number of carbonyl (C=O) groups excluding carboxylic acids is 2. The first kappa shape index (κ1) is 15.9. The predicted octanol–water partition coefficient (Wildman–Crippen LogP) is 2.26. The molecule has 0 bridgehead atoms. The monoisotopic (exact) mass is 351 g/mol. The van der Waals surface area contributed by atoms with Crippen molar-refractivity contribution in [1.82, 2.24) is 9.88 Å². The number of amides is 2. The van der Waals surface area contributed by atoms with Gasteiger partial charge in [-0.3, -0.25) is 9.59 Å². The molecule has 2 amide bonds. The van der Waals surface area contributed by atoms with Crippen LogP contribution >= 0.6 is 23.1 Å². The van der Waals surface area contributed by atoms with Crippen LogP contribution in [0.2, 0.25) is 0 Å². The molecular weight excluding hydrogens is 337 g/mol. The van der Waals surface area contributed by atoms with Crippen molar-refractivity contribution in [3.63, 3.8) is 0 Å². The van der Waals surface area contributed by atoms with E-state index in [1.807, 2.05) is 0 Å². The van der Waals surface area contributed by atoms with Crippen LogP contribution in [0.25, 0.3) is 10.4 Å². The Hall–Kier alpha value is -1.93. The van der Waals surface area contributed by atoms with Crippen LogP contribution in [0.1, 0.15) is 15.5 Å². The van der Waals surface area contributed by atoms with Gasteiger partial charge in [0.25, 0.3) is 5.91 Å². The van der Waals surface area contributed by atoms with Gasteiger partial charge in [0.15, 0.2) is 0 Å². The van der Waals surface area contributed by atoms with Gasteiger partial charge in [-0.1, -0.05) is 18.2 Å². The van der Waals surface area contributed by atoms with Gasteiger partial charge in [0.2, 0.25) is 5.91 Å². The number of benzene rings is 1.